The Morgan fingerprint density at radius 2 is 1.91 bits per heavy atom. The minimum Gasteiger partial charge on any atom is -0.354 e. The summed E-state index contributed by atoms with van der Waals surface area (Å²) in [5.41, 5.74) is 3.18. The first-order valence-electron chi connectivity index (χ1n) is 8.12. The lowest BCUT2D eigenvalue weighted by molar-refractivity contribution is -0.120. The molecule has 0 radical (unpaired) electrons. The SMILES string of the molecule is CCN(CC)CCNC(=O)Cc1csc(-c2ccc(C)cc2)n1. The Morgan fingerprint density at radius 1 is 1.22 bits per heavy atom. The van der Waals surface area contributed by atoms with Crippen molar-refractivity contribution in [3.63, 3.8) is 0 Å². The number of aryl methyl sites for hydroxylation is 1. The van der Waals surface area contributed by atoms with Gasteiger partial charge in [0, 0.05) is 24.0 Å². The highest BCUT2D eigenvalue weighted by Gasteiger charge is 2.09. The zero-order valence-corrected chi connectivity index (χ0v) is 14.9. The average Bonchev–Trinajstić information content (AvgIpc) is 3.00. The highest BCUT2D eigenvalue weighted by Crippen LogP contribution is 2.24. The fourth-order valence-corrected chi connectivity index (χ4v) is 3.16. The van der Waals surface area contributed by atoms with Crippen molar-refractivity contribution in [2.45, 2.75) is 27.2 Å². The molecule has 0 unspecified atom stereocenters. The van der Waals surface area contributed by atoms with E-state index in [4.69, 9.17) is 0 Å². The van der Waals surface area contributed by atoms with E-state index in [1.807, 2.05) is 5.38 Å². The number of benzene rings is 1. The monoisotopic (exact) mass is 331 g/mol. The molecule has 1 aromatic carbocycles. The van der Waals surface area contributed by atoms with E-state index in [0.29, 0.717) is 13.0 Å². The third-order valence-electron chi connectivity index (χ3n) is 3.84. The van der Waals surface area contributed by atoms with Crippen molar-refractivity contribution in [2.24, 2.45) is 0 Å². The fourth-order valence-electron chi connectivity index (χ4n) is 2.34. The smallest absolute Gasteiger partial charge is 0.226 e. The molecule has 5 heteroatoms. The molecule has 0 saturated carbocycles. The van der Waals surface area contributed by atoms with Crippen LogP contribution in [-0.4, -0.2) is 42.0 Å². The maximum absolute atomic E-state index is 12.0. The maximum atomic E-state index is 12.0. The minimum atomic E-state index is 0.0397. The summed E-state index contributed by atoms with van der Waals surface area (Å²) in [5, 5.41) is 5.91. The summed E-state index contributed by atoms with van der Waals surface area (Å²) < 4.78 is 0. The zero-order valence-electron chi connectivity index (χ0n) is 14.1. The van der Waals surface area contributed by atoms with Crippen LogP contribution in [0.4, 0.5) is 0 Å². The van der Waals surface area contributed by atoms with Crippen molar-refractivity contribution in [3.05, 3.63) is 40.9 Å². The lowest BCUT2D eigenvalue weighted by atomic mass is 10.2. The molecule has 0 spiro atoms. The molecule has 0 aliphatic carbocycles. The number of thiazole rings is 1. The molecule has 1 heterocycles. The molecular formula is C18H25N3OS. The van der Waals surface area contributed by atoms with Crippen molar-refractivity contribution >= 4 is 17.2 Å². The Kier molecular flexibility index (Phi) is 6.74. The zero-order chi connectivity index (χ0) is 16.7. The van der Waals surface area contributed by atoms with Crippen LogP contribution < -0.4 is 5.32 Å². The molecule has 4 nitrogen and oxygen atoms in total. The molecule has 0 atom stereocenters. The van der Waals surface area contributed by atoms with Gasteiger partial charge in [0.2, 0.25) is 5.91 Å². The van der Waals surface area contributed by atoms with Crippen LogP contribution in [0.1, 0.15) is 25.1 Å². The van der Waals surface area contributed by atoms with Crippen LogP contribution in [0.5, 0.6) is 0 Å². The van der Waals surface area contributed by atoms with Gasteiger partial charge in [-0.2, -0.15) is 0 Å². The maximum Gasteiger partial charge on any atom is 0.226 e. The van der Waals surface area contributed by atoms with Crippen molar-refractivity contribution in [1.29, 1.82) is 0 Å². The number of hydrogen-bond donors (Lipinski definition) is 1. The lowest BCUT2D eigenvalue weighted by Crippen LogP contribution is -2.35. The quantitative estimate of drug-likeness (QED) is 0.808. The Labute approximate surface area is 142 Å². The Morgan fingerprint density at radius 3 is 2.57 bits per heavy atom. The van der Waals surface area contributed by atoms with Gasteiger partial charge >= 0.3 is 0 Å². The highest BCUT2D eigenvalue weighted by molar-refractivity contribution is 7.13. The van der Waals surface area contributed by atoms with E-state index in [-0.39, 0.29) is 5.91 Å². The Balaban J connectivity index is 1.84. The van der Waals surface area contributed by atoms with E-state index < -0.39 is 0 Å². The van der Waals surface area contributed by atoms with Crippen molar-refractivity contribution in [2.75, 3.05) is 26.2 Å². The van der Waals surface area contributed by atoms with Gasteiger partial charge in [0.1, 0.15) is 5.01 Å². The summed E-state index contributed by atoms with van der Waals surface area (Å²) in [4.78, 5) is 18.9. The molecule has 1 amide bonds. The van der Waals surface area contributed by atoms with Crippen LogP contribution in [0.2, 0.25) is 0 Å². The number of hydrogen-bond acceptors (Lipinski definition) is 4. The second kappa shape index (κ2) is 8.79. The molecule has 124 valence electrons. The molecule has 1 N–H and O–H groups in total. The summed E-state index contributed by atoms with van der Waals surface area (Å²) in [6, 6.07) is 8.30. The van der Waals surface area contributed by atoms with Gasteiger partial charge in [-0.15, -0.1) is 11.3 Å². The second-order valence-electron chi connectivity index (χ2n) is 5.56. The highest BCUT2D eigenvalue weighted by atomic mass is 32.1. The van der Waals surface area contributed by atoms with Gasteiger partial charge in [0.25, 0.3) is 0 Å². The van der Waals surface area contributed by atoms with E-state index in [1.165, 1.54) is 5.56 Å². The lowest BCUT2D eigenvalue weighted by Gasteiger charge is -2.17. The van der Waals surface area contributed by atoms with Gasteiger partial charge in [0.15, 0.2) is 0 Å². The van der Waals surface area contributed by atoms with Gasteiger partial charge < -0.3 is 10.2 Å². The molecular weight excluding hydrogens is 306 g/mol. The molecule has 23 heavy (non-hydrogen) atoms. The number of amides is 1. The van der Waals surface area contributed by atoms with Crippen LogP contribution in [0.15, 0.2) is 29.6 Å². The molecule has 0 fully saturated rings. The topological polar surface area (TPSA) is 45.2 Å². The van der Waals surface area contributed by atoms with E-state index in [1.54, 1.807) is 11.3 Å². The van der Waals surface area contributed by atoms with Gasteiger partial charge in [-0.1, -0.05) is 43.7 Å². The van der Waals surface area contributed by atoms with Crippen LogP contribution >= 0.6 is 11.3 Å². The molecule has 0 aliphatic rings. The van der Waals surface area contributed by atoms with Gasteiger partial charge in [-0.3, -0.25) is 4.79 Å². The Bertz CT molecular complexity index is 617. The largest absolute Gasteiger partial charge is 0.354 e. The summed E-state index contributed by atoms with van der Waals surface area (Å²) in [5.74, 6) is 0.0397. The van der Waals surface area contributed by atoms with Crippen molar-refractivity contribution < 1.29 is 4.79 Å². The molecule has 0 bridgehead atoms. The van der Waals surface area contributed by atoms with E-state index in [2.05, 4.69) is 60.2 Å². The van der Waals surface area contributed by atoms with Gasteiger partial charge in [-0.25, -0.2) is 4.98 Å². The van der Waals surface area contributed by atoms with Crippen LogP contribution in [-0.2, 0) is 11.2 Å². The number of nitrogens with zero attached hydrogens (tertiary/aromatic N) is 2. The summed E-state index contributed by atoms with van der Waals surface area (Å²) in [6.07, 6.45) is 0.348. The molecule has 1 aromatic heterocycles. The predicted octanol–water partition coefficient (Wildman–Crippen LogP) is 3.12. The first-order valence-corrected chi connectivity index (χ1v) is 9.00. The second-order valence-corrected chi connectivity index (χ2v) is 6.42. The number of carbonyl (C=O) groups excluding carboxylic acids is 1. The van der Waals surface area contributed by atoms with E-state index in [0.717, 1.165) is 35.9 Å². The third kappa shape index (κ3) is 5.44. The average molecular weight is 331 g/mol. The number of nitrogens with one attached hydrogen (secondary N) is 1. The normalized spacial score (nSPS) is 11.0. The number of carbonyl (C=O) groups is 1. The number of likely N-dealkylation sites (N-methyl/N-ethyl adjacent to an activating group) is 1. The van der Waals surface area contributed by atoms with Crippen LogP contribution in [0.3, 0.4) is 0 Å². The molecule has 0 saturated heterocycles. The molecule has 2 aromatic rings. The van der Waals surface area contributed by atoms with Gasteiger partial charge in [-0.05, 0) is 20.0 Å². The first kappa shape index (κ1) is 17.6. The van der Waals surface area contributed by atoms with Crippen molar-refractivity contribution in [1.82, 2.24) is 15.2 Å². The summed E-state index contributed by atoms with van der Waals surface area (Å²) in [7, 11) is 0. The van der Waals surface area contributed by atoms with Crippen LogP contribution in [0, 0.1) is 6.92 Å². The first-order chi connectivity index (χ1) is 11.1. The molecule has 0 aliphatic heterocycles. The van der Waals surface area contributed by atoms with Crippen molar-refractivity contribution in [3.8, 4) is 10.6 Å². The number of aromatic nitrogens is 1. The Hall–Kier alpha value is -1.72. The third-order valence-corrected chi connectivity index (χ3v) is 4.78. The standard InChI is InChI=1S/C18H25N3OS/c1-4-21(5-2)11-10-19-17(22)12-16-13-23-18(20-16)15-8-6-14(3)7-9-15/h6-9,13H,4-5,10-12H2,1-3H3,(H,19,22). The minimum absolute atomic E-state index is 0.0397. The predicted molar refractivity (Wildman–Crippen MR) is 96.8 cm³/mol. The molecule has 2 rings (SSSR count). The van der Waals surface area contributed by atoms with E-state index in [9.17, 15) is 4.79 Å². The summed E-state index contributed by atoms with van der Waals surface area (Å²) in [6.45, 7) is 9.94. The van der Waals surface area contributed by atoms with Crippen LogP contribution in [0.25, 0.3) is 10.6 Å². The fraction of sp³-hybridized carbons (Fsp3) is 0.444. The number of rotatable bonds is 8. The summed E-state index contributed by atoms with van der Waals surface area (Å²) >= 11 is 1.59. The van der Waals surface area contributed by atoms with E-state index >= 15 is 0 Å². The van der Waals surface area contributed by atoms with Gasteiger partial charge in [0.05, 0.1) is 12.1 Å².